The lowest BCUT2D eigenvalue weighted by atomic mass is 9.82. The maximum atomic E-state index is 16.0. The molecule has 2 aromatic heterocycles. The molecule has 1 saturated heterocycles. The smallest absolute Gasteiger partial charge is 0.278 e. The third-order valence-corrected chi connectivity index (χ3v) is 10.3. The molecule has 45 heavy (non-hydrogen) atoms. The molecule has 1 aliphatic carbocycles. The van der Waals surface area contributed by atoms with E-state index < -0.39 is 34.7 Å². The molecule has 10 heteroatoms. The molecule has 0 spiro atoms. The van der Waals surface area contributed by atoms with Gasteiger partial charge in [-0.05, 0) is 70.0 Å². The maximum Gasteiger partial charge on any atom is 0.278 e. The Morgan fingerprint density at radius 3 is 2.44 bits per heavy atom. The number of alkyl halides is 2. The first-order valence-corrected chi connectivity index (χ1v) is 16.4. The van der Waals surface area contributed by atoms with E-state index >= 15 is 13.2 Å². The fourth-order valence-electron chi connectivity index (χ4n) is 7.42. The molecule has 3 aliphatic heterocycles. The molecule has 7 rings (SSSR count). The van der Waals surface area contributed by atoms with Crippen LogP contribution in [0.25, 0.3) is 11.0 Å². The zero-order valence-electron chi connectivity index (χ0n) is 26.5. The molecule has 7 nitrogen and oxygen atoms in total. The van der Waals surface area contributed by atoms with E-state index in [1.807, 2.05) is 0 Å². The van der Waals surface area contributed by atoms with Gasteiger partial charge in [-0.15, -0.1) is 0 Å². The summed E-state index contributed by atoms with van der Waals surface area (Å²) < 4.78 is 49.6. The van der Waals surface area contributed by atoms with Crippen LogP contribution in [0.15, 0.2) is 35.4 Å². The number of fused-ring (bicyclic) bond motifs is 10. The number of halogens is 3. The molecule has 240 valence electrons. The minimum absolute atomic E-state index is 0.0423. The number of nitrogens with one attached hydrogen (secondary N) is 1. The van der Waals surface area contributed by atoms with Crippen molar-refractivity contribution in [2.45, 2.75) is 102 Å². The van der Waals surface area contributed by atoms with Gasteiger partial charge in [0.2, 0.25) is 0 Å². The molecule has 3 aromatic rings. The predicted octanol–water partition coefficient (Wildman–Crippen LogP) is 7.45. The topological polar surface area (TPSA) is 86.8 Å². The summed E-state index contributed by atoms with van der Waals surface area (Å²) >= 11 is 0. The summed E-state index contributed by atoms with van der Waals surface area (Å²) in [4.78, 5) is 25.0. The second-order valence-corrected chi connectivity index (χ2v) is 14.2. The molecular weight excluding hydrogens is 577 g/mol. The van der Waals surface area contributed by atoms with Crippen LogP contribution in [-0.4, -0.2) is 39.1 Å². The number of nitrogens with zero attached hydrogens (tertiary/aromatic N) is 5. The van der Waals surface area contributed by atoms with Crippen molar-refractivity contribution in [3.05, 3.63) is 63.5 Å². The highest BCUT2D eigenvalue weighted by molar-refractivity contribution is 5.87. The van der Waals surface area contributed by atoms with Gasteiger partial charge in [0.05, 0.1) is 28.5 Å². The van der Waals surface area contributed by atoms with Crippen LogP contribution in [0, 0.1) is 28.5 Å². The highest BCUT2D eigenvalue weighted by Crippen LogP contribution is 2.47. The van der Waals surface area contributed by atoms with E-state index in [0.29, 0.717) is 67.7 Å². The standard InChI is InChI=1S/C35H43F3N6O/c1-23-25-9-8-10-27(29(25)36)35(37,38)24-11-17-43(18-12-24)21-33(2,3)13-6-4-5-7-16-44-31-26(30(42-23)40-22-41-31)19-28(32(44)45)34(20-39)14-15-34/h8-10,19,22-24H,4-7,11-18,21H2,1-3H3,(H,40,41,42)/t23-/m1/s1. The molecule has 2 fully saturated rings. The van der Waals surface area contributed by atoms with Gasteiger partial charge in [-0.3, -0.25) is 9.36 Å². The Morgan fingerprint density at radius 2 is 1.73 bits per heavy atom. The Hall–Kier alpha value is -3.45. The molecule has 0 radical (unpaired) electrons. The first kappa shape index (κ1) is 31.5. The van der Waals surface area contributed by atoms with Crippen LogP contribution < -0.4 is 10.9 Å². The van der Waals surface area contributed by atoms with Crippen molar-refractivity contribution in [1.82, 2.24) is 19.4 Å². The van der Waals surface area contributed by atoms with E-state index in [1.165, 1.54) is 24.5 Å². The van der Waals surface area contributed by atoms with Crippen molar-refractivity contribution >= 4 is 16.9 Å². The van der Waals surface area contributed by atoms with Crippen LogP contribution in [0.5, 0.6) is 0 Å². The first-order chi connectivity index (χ1) is 21.5. The van der Waals surface area contributed by atoms with Gasteiger partial charge in [0.1, 0.15) is 23.6 Å². The van der Waals surface area contributed by atoms with Crippen molar-refractivity contribution in [3.63, 3.8) is 0 Å². The molecule has 0 amide bonds. The number of aryl methyl sites for hydroxylation is 1. The van der Waals surface area contributed by atoms with E-state index in [9.17, 15) is 10.1 Å². The second kappa shape index (κ2) is 12.1. The zero-order valence-corrected chi connectivity index (χ0v) is 26.5. The maximum absolute atomic E-state index is 16.0. The number of nitriles is 1. The van der Waals surface area contributed by atoms with E-state index in [-0.39, 0.29) is 16.5 Å². The van der Waals surface area contributed by atoms with Gasteiger partial charge >= 0.3 is 0 Å². The van der Waals surface area contributed by atoms with E-state index in [2.05, 4.69) is 40.1 Å². The number of hydrogen-bond donors (Lipinski definition) is 1. The number of aromatic nitrogens is 3. The van der Waals surface area contributed by atoms with Gasteiger partial charge in [0.15, 0.2) is 0 Å². The van der Waals surface area contributed by atoms with Crippen molar-refractivity contribution in [2.24, 2.45) is 11.3 Å². The Kier molecular flexibility index (Phi) is 8.44. The largest absolute Gasteiger partial charge is 0.363 e. The van der Waals surface area contributed by atoms with Gasteiger partial charge in [0.25, 0.3) is 11.5 Å². The average molecular weight is 621 g/mol. The summed E-state index contributed by atoms with van der Waals surface area (Å²) in [7, 11) is 0. The summed E-state index contributed by atoms with van der Waals surface area (Å²) in [5, 5.41) is 13.8. The van der Waals surface area contributed by atoms with Crippen LogP contribution in [-0.2, 0) is 17.9 Å². The second-order valence-electron chi connectivity index (χ2n) is 14.2. The number of anilines is 1. The molecule has 5 heterocycles. The average Bonchev–Trinajstić information content (AvgIpc) is 3.80. The predicted molar refractivity (Wildman–Crippen MR) is 169 cm³/mol. The van der Waals surface area contributed by atoms with Crippen LogP contribution in [0.1, 0.15) is 101 Å². The van der Waals surface area contributed by atoms with Crippen LogP contribution in [0.3, 0.4) is 0 Å². The van der Waals surface area contributed by atoms with Gasteiger partial charge in [-0.1, -0.05) is 51.3 Å². The van der Waals surface area contributed by atoms with Gasteiger partial charge < -0.3 is 10.2 Å². The summed E-state index contributed by atoms with van der Waals surface area (Å²) in [6.45, 7) is 8.64. The van der Waals surface area contributed by atoms with E-state index in [1.54, 1.807) is 17.6 Å². The first-order valence-electron chi connectivity index (χ1n) is 16.4. The molecule has 8 bridgehead atoms. The number of benzene rings is 1. The van der Waals surface area contributed by atoms with Crippen LogP contribution in [0.4, 0.5) is 19.0 Å². The fourth-order valence-corrected chi connectivity index (χ4v) is 7.42. The zero-order chi connectivity index (χ0) is 32.0. The van der Waals surface area contributed by atoms with Crippen molar-refractivity contribution in [2.75, 3.05) is 25.0 Å². The molecule has 1 atom stereocenters. The number of rotatable bonds is 1. The molecule has 1 saturated carbocycles. The summed E-state index contributed by atoms with van der Waals surface area (Å²) in [5.41, 5.74) is -0.578. The summed E-state index contributed by atoms with van der Waals surface area (Å²) in [5.74, 6) is -4.78. The summed E-state index contributed by atoms with van der Waals surface area (Å²) in [6, 6.07) is 7.56. The van der Waals surface area contributed by atoms with Crippen molar-refractivity contribution in [1.29, 1.82) is 5.26 Å². The van der Waals surface area contributed by atoms with Gasteiger partial charge in [0, 0.05) is 30.1 Å². The summed E-state index contributed by atoms with van der Waals surface area (Å²) in [6.07, 6.45) is 8.04. The van der Waals surface area contributed by atoms with E-state index in [4.69, 9.17) is 0 Å². The fraction of sp³-hybridized carbons (Fsp3) is 0.600. The highest BCUT2D eigenvalue weighted by Gasteiger charge is 2.48. The normalized spacial score (nSPS) is 26.3. The lowest BCUT2D eigenvalue weighted by Gasteiger charge is -2.39. The number of hydrogen-bond acceptors (Lipinski definition) is 6. The molecule has 4 aliphatic rings. The molecule has 1 aromatic carbocycles. The number of piperidine rings is 1. The Morgan fingerprint density at radius 1 is 1.00 bits per heavy atom. The van der Waals surface area contributed by atoms with Crippen LogP contribution >= 0.6 is 0 Å². The van der Waals surface area contributed by atoms with Crippen molar-refractivity contribution in [3.8, 4) is 6.07 Å². The molecule has 1 N–H and O–H groups in total. The lowest BCUT2D eigenvalue weighted by molar-refractivity contribution is -0.0898. The van der Waals surface area contributed by atoms with Crippen molar-refractivity contribution < 1.29 is 13.2 Å². The van der Waals surface area contributed by atoms with Gasteiger partial charge in [-0.2, -0.15) is 5.26 Å². The molecular formula is C35H43F3N6O. The highest BCUT2D eigenvalue weighted by atomic mass is 19.3. The monoisotopic (exact) mass is 620 g/mol. The molecule has 0 unspecified atom stereocenters. The van der Waals surface area contributed by atoms with Crippen LogP contribution in [0.2, 0.25) is 0 Å². The van der Waals surface area contributed by atoms with Gasteiger partial charge in [-0.25, -0.2) is 23.1 Å². The number of pyridine rings is 1. The van der Waals surface area contributed by atoms with E-state index in [0.717, 1.165) is 38.6 Å². The Labute approximate surface area is 262 Å². The third-order valence-electron chi connectivity index (χ3n) is 10.3. The third kappa shape index (κ3) is 6.08. The Balaban J connectivity index is 1.42. The Bertz CT molecular complexity index is 1670. The SMILES string of the molecule is C[C@H]1Nc2ncnc3c2cc(C2(C#N)CC2)c(=O)n3CCCCCCC(C)(C)CN2CCC(CC2)C(F)(F)c2cccc1c2F. The minimum atomic E-state index is -3.30. The lowest BCUT2D eigenvalue weighted by Crippen LogP contribution is -2.43. The quantitative estimate of drug-likeness (QED) is 0.304. The minimum Gasteiger partial charge on any atom is -0.363 e.